The highest BCUT2D eigenvalue weighted by Crippen LogP contribution is 2.18. The van der Waals surface area contributed by atoms with Crippen molar-refractivity contribution in [3.63, 3.8) is 0 Å². The molecule has 2 N–H and O–H groups in total. The molecule has 0 spiro atoms. The molecule has 0 unspecified atom stereocenters. The topological polar surface area (TPSA) is 63.4 Å². The molecule has 0 saturated carbocycles. The maximum absolute atomic E-state index is 12.3. The first-order valence-electron chi connectivity index (χ1n) is 6.96. The maximum atomic E-state index is 12.3. The average Bonchev–Trinajstić information content (AvgIpc) is 2.44. The first-order chi connectivity index (χ1) is 9.23. The highest BCUT2D eigenvalue weighted by Gasteiger charge is 2.23. The maximum Gasteiger partial charge on any atom is 0.179 e. The van der Waals surface area contributed by atoms with Crippen molar-refractivity contribution in [1.29, 1.82) is 0 Å². The molecule has 0 atom stereocenters. The minimum absolute atomic E-state index is 0.0128. The molecule has 114 valence electrons. The Labute approximate surface area is 122 Å². The van der Waals surface area contributed by atoms with Gasteiger partial charge in [0.05, 0.1) is 10.6 Å². The lowest BCUT2D eigenvalue weighted by atomic mass is 10.0. The average molecular weight is 298 g/mol. The number of hydrogen-bond donors (Lipinski definition) is 1. The van der Waals surface area contributed by atoms with Crippen molar-refractivity contribution >= 4 is 9.84 Å². The third kappa shape index (κ3) is 4.30. The van der Waals surface area contributed by atoms with E-state index in [1.165, 1.54) is 0 Å². The van der Waals surface area contributed by atoms with Gasteiger partial charge < -0.3 is 10.6 Å². The molecule has 0 radical (unpaired) electrons. The molecule has 1 aromatic carbocycles. The molecule has 0 amide bonds. The summed E-state index contributed by atoms with van der Waals surface area (Å²) in [6.45, 7) is 7.30. The van der Waals surface area contributed by atoms with Crippen molar-refractivity contribution in [3.05, 3.63) is 29.8 Å². The molecular weight excluding hydrogens is 272 g/mol. The number of sulfone groups is 1. The second kappa shape index (κ2) is 6.70. The van der Waals surface area contributed by atoms with Gasteiger partial charge in [0.15, 0.2) is 9.84 Å². The molecule has 4 nitrogen and oxygen atoms in total. The lowest BCUT2D eigenvalue weighted by molar-refractivity contribution is 0.160. The quantitative estimate of drug-likeness (QED) is 0.836. The minimum atomic E-state index is -3.23. The Morgan fingerprint density at radius 1 is 1.20 bits per heavy atom. The van der Waals surface area contributed by atoms with Gasteiger partial charge in [0.1, 0.15) is 0 Å². The fourth-order valence-corrected chi connectivity index (χ4v) is 3.08. The molecule has 0 fully saturated rings. The monoisotopic (exact) mass is 298 g/mol. The largest absolute Gasteiger partial charge is 0.326 e. The Kier molecular flexibility index (Phi) is 5.74. The van der Waals surface area contributed by atoms with Crippen LogP contribution >= 0.6 is 0 Å². The smallest absolute Gasteiger partial charge is 0.179 e. The van der Waals surface area contributed by atoms with E-state index in [4.69, 9.17) is 5.73 Å². The summed E-state index contributed by atoms with van der Waals surface area (Å²) in [6, 6.07) is 6.82. The van der Waals surface area contributed by atoms with Crippen LogP contribution < -0.4 is 5.73 Å². The Bertz CT molecular complexity index is 521. The third-order valence-electron chi connectivity index (χ3n) is 4.11. The number of nitrogens with zero attached hydrogens (tertiary/aromatic N) is 1. The zero-order chi connectivity index (χ0) is 15.4. The highest BCUT2D eigenvalue weighted by molar-refractivity contribution is 7.91. The van der Waals surface area contributed by atoms with Gasteiger partial charge in [-0.3, -0.25) is 0 Å². The molecule has 1 rings (SSSR count). The SMILES string of the molecule is CCC(C)(C)N(C)CCS(=O)(=O)c1ccc(CN)cc1. The van der Waals surface area contributed by atoms with Crippen LogP contribution in [0.3, 0.4) is 0 Å². The Balaban J connectivity index is 2.75. The number of nitrogens with two attached hydrogens (primary N) is 1. The number of benzene rings is 1. The van der Waals surface area contributed by atoms with E-state index in [1.54, 1.807) is 24.3 Å². The second-order valence-electron chi connectivity index (χ2n) is 5.75. The van der Waals surface area contributed by atoms with Gasteiger partial charge in [-0.25, -0.2) is 8.42 Å². The second-order valence-corrected chi connectivity index (χ2v) is 7.86. The van der Waals surface area contributed by atoms with Crippen molar-refractivity contribution in [3.8, 4) is 0 Å². The lowest BCUT2D eigenvalue weighted by Gasteiger charge is -2.34. The summed E-state index contributed by atoms with van der Waals surface area (Å²) in [5.74, 6) is 0.134. The van der Waals surface area contributed by atoms with Crippen LogP contribution in [-0.2, 0) is 16.4 Å². The van der Waals surface area contributed by atoms with E-state index in [0.29, 0.717) is 18.0 Å². The highest BCUT2D eigenvalue weighted by atomic mass is 32.2. The summed E-state index contributed by atoms with van der Waals surface area (Å²) < 4.78 is 24.6. The van der Waals surface area contributed by atoms with Gasteiger partial charge in [-0.2, -0.15) is 0 Å². The van der Waals surface area contributed by atoms with E-state index in [-0.39, 0.29) is 11.3 Å². The Hall–Kier alpha value is -0.910. The third-order valence-corrected chi connectivity index (χ3v) is 5.82. The molecule has 0 aliphatic carbocycles. The number of rotatable bonds is 7. The van der Waals surface area contributed by atoms with Crippen molar-refractivity contribution in [1.82, 2.24) is 4.90 Å². The zero-order valence-electron chi connectivity index (χ0n) is 12.9. The van der Waals surface area contributed by atoms with Crippen molar-refractivity contribution in [2.24, 2.45) is 5.73 Å². The fraction of sp³-hybridized carbons (Fsp3) is 0.600. The summed E-state index contributed by atoms with van der Waals surface area (Å²) >= 11 is 0. The molecule has 0 aromatic heterocycles. The standard InChI is InChI=1S/C15H26N2O2S/c1-5-15(2,3)17(4)10-11-20(18,19)14-8-6-13(12-16)7-9-14/h6-9H,5,10-12,16H2,1-4H3. The first kappa shape index (κ1) is 17.1. The normalized spacial score (nSPS) is 12.9. The van der Waals surface area contributed by atoms with Gasteiger partial charge >= 0.3 is 0 Å². The Morgan fingerprint density at radius 3 is 2.20 bits per heavy atom. The minimum Gasteiger partial charge on any atom is -0.326 e. The van der Waals surface area contributed by atoms with Crippen LogP contribution in [0.4, 0.5) is 0 Å². The van der Waals surface area contributed by atoms with E-state index < -0.39 is 9.84 Å². The first-order valence-corrected chi connectivity index (χ1v) is 8.61. The van der Waals surface area contributed by atoms with E-state index in [9.17, 15) is 8.42 Å². The predicted molar refractivity (Wildman–Crippen MR) is 83.4 cm³/mol. The van der Waals surface area contributed by atoms with Crippen LogP contribution in [0.15, 0.2) is 29.2 Å². The molecule has 0 heterocycles. The molecule has 1 aromatic rings. The van der Waals surface area contributed by atoms with Gasteiger partial charge in [0.2, 0.25) is 0 Å². The van der Waals surface area contributed by atoms with Crippen molar-refractivity contribution < 1.29 is 8.42 Å². The predicted octanol–water partition coefficient (Wildman–Crippen LogP) is 2.04. The summed E-state index contributed by atoms with van der Waals surface area (Å²) in [5.41, 5.74) is 6.47. The summed E-state index contributed by atoms with van der Waals surface area (Å²) in [4.78, 5) is 2.47. The molecule has 0 aliphatic heterocycles. The van der Waals surface area contributed by atoms with Gasteiger partial charge in [-0.1, -0.05) is 19.1 Å². The fourth-order valence-electron chi connectivity index (χ4n) is 1.78. The van der Waals surface area contributed by atoms with Gasteiger partial charge in [0.25, 0.3) is 0 Å². The summed E-state index contributed by atoms with van der Waals surface area (Å²) in [6.07, 6.45) is 0.981. The zero-order valence-corrected chi connectivity index (χ0v) is 13.7. The van der Waals surface area contributed by atoms with E-state index in [2.05, 4.69) is 25.7 Å². The van der Waals surface area contributed by atoms with Gasteiger partial charge in [0, 0.05) is 18.6 Å². The molecule has 0 bridgehead atoms. The van der Waals surface area contributed by atoms with Crippen LogP contribution in [0.1, 0.15) is 32.8 Å². The van der Waals surface area contributed by atoms with E-state index >= 15 is 0 Å². The lowest BCUT2D eigenvalue weighted by Crippen LogP contribution is -2.42. The van der Waals surface area contributed by atoms with Crippen LogP contribution in [0, 0.1) is 0 Å². The molecule has 20 heavy (non-hydrogen) atoms. The van der Waals surface area contributed by atoms with Gasteiger partial charge in [-0.15, -0.1) is 0 Å². The van der Waals surface area contributed by atoms with Crippen molar-refractivity contribution in [2.75, 3.05) is 19.3 Å². The summed E-state index contributed by atoms with van der Waals surface area (Å²) in [7, 11) is -1.26. The van der Waals surface area contributed by atoms with Crippen LogP contribution in [0.5, 0.6) is 0 Å². The van der Waals surface area contributed by atoms with E-state index in [1.807, 2.05) is 7.05 Å². The summed E-state index contributed by atoms with van der Waals surface area (Å²) in [5, 5.41) is 0. The van der Waals surface area contributed by atoms with E-state index in [0.717, 1.165) is 12.0 Å². The molecule has 0 saturated heterocycles. The number of hydrogen-bond acceptors (Lipinski definition) is 4. The van der Waals surface area contributed by atoms with Gasteiger partial charge in [-0.05, 0) is 45.0 Å². The Morgan fingerprint density at radius 2 is 1.75 bits per heavy atom. The van der Waals surface area contributed by atoms with Crippen LogP contribution in [0.25, 0.3) is 0 Å². The molecule has 0 aliphatic rings. The van der Waals surface area contributed by atoms with Crippen LogP contribution in [0.2, 0.25) is 0 Å². The van der Waals surface area contributed by atoms with Crippen molar-refractivity contribution in [2.45, 2.75) is 44.2 Å². The molecular formula is C15H26N2O2S. The molecule has 5 heteroatoms. The van der Waals surface area contributed by atoms with Crippen LogP contribution in [-0.4, -0.2) is 38.2 Å².